The number of nitrogens with zero attached hydrogens (tertiary/aromatic N) is 2. The van der Waals surface area contributed by atoms with Crippen LogP contribution in [0.15, 0.2) is 9.59 Å². The Morgan fingerprint density at radius 3 is 2.47 bits per heavy atom. The number of aryl methyl sites for hydroxylation is 2. The first-order valence-corrected chi connectivity index (χ1v) is 6.23. The zero-order chi connectivity index (χ0) is 14.3. The molecule has 0 aliphatic carbocycles. The quantitative estimate of drug-likeness (QED) is 0.834. The summed E-state index contributed by atoms with van der Waals surface area (Å²) < 4.78 is 1.50. The van der Waals surface area contributed by atoms with Crippen molar-refractivity contribution in [2.45, 2.75) is 40.3 Å². The second-order valence-electron chi connectivity index (χ2n) is 4.93. The van der Waals surface area contributed by atoms with Gasteiger partial charge in [-0.05, 0) is 38.8 Å². The van der Waals surface area contributed by atoms with E-state index in [4.69, 9.17) is 5.73 Å². The molecule has 6 heteroatoms. The summed E-state index contributed by atoms with van der Waals surface area (Å²) in [5, 5.41) is 0.444. The largest absolute Gasteiger partial charge is 0.330 e. The fourth-order valence-electron chi connectivity index (χ4n) is 2.41. The molecule has 3 N–H and O–H groups in total. The van der Waals surface area contributed by atoms with E-state index in [1.165, 1.54) is 4.57 Å². The van der Waals surface area contributed by atoms with Crippen molar-refractivity contribution in [1.82, 2.24) is 14.5 Å². The number of nitrogens with one attached hydrogen (secondary N) is 1. The van der Waals surface area contributed by atoms with E-state index in [9.17, 15) is 9.59 Å². The monoisotopic (exact) mass is 262 g/mol. The molecule has 0 atom stereocenters. The molecule has 0 amide bonds. The van der Waals surface area contributed by atoms with Crippen LogP contribution in [0.1, 0.15) is 36.7 Å². The van der Waals surface area contributed by atoms with Crippen LogP contribution < -0.4 is 17.0 Å². The van der Waals surface area contributed by atoms with Gasteiger partial charge in [0.2, 0.25) is 0 Å². The lowest BCUT2D eigenvalue weighted by Crippen LogP contribution is -2.33. The van der Waals surface area contributed by atoms with Gasteiger partial charge in [0.1, 0.15) is 5.65 Å². The van der Waals surface area contributed by atoms with E-state index < -0.39 is 11.2 Å². The van der Waals surface area contributed by atoms with Crippen LogP contribution >= 0.6 is 0 Å². The minimum absolute atomic E-state index is 0.0816. The van der Waals surface area contributed by atoms with E-state index in [0.29, 0.717) is 17.6 Å². The zero-order valence-corrected chi connectivity index (χ0v) is 11.6. The molecular formula is C13H18N4O2. The van der Waals surface area contributed by atoms with Crippen LogP contribution in [0.3, 0.4) is 0 Å². The second kappa shape index (κ2) is 4.62. The lowest BCUT2D eigenvalue weighted by Gasteiger charge is -2.16. The molecule has 0 bridgehead atoms. The molecule has 2 rings (SSSR count). The van der Waals surface area contributed by atoms with Crippen molar-refractivity contribution in [3.05, 3.63) is 37.7 Å². The highest BCUT2D eigenvalue weighted by Gasteiger charge is 2.16. The number of nitrogens with two attached hydrogens (primary N) is 1. The second-order valence-corrected chi connectivity index (χ2v) is 4.93. The molecule has 2 aromatic rings. The number of hydrogen-bond donors (Lipinski definition) is 2. The predicted molar refractivity (Wildman–Crippen MR) is 74.4 cm³/mol. The van der Waals surface area contributed by atoms with Gasteiger partial charge in [-0.1, -0.05) is 0 Å². The molecule has 0 radical (unpaired) electrons. The molecule has 0 spiro atoms. The Kier molecular flexibility index (Phi) is 3.28. The SMILES string of the molecule is Cc1nc2c(c(C)c1CN)c(=O)[nH]c(=O)n2C(C)C. The molecule has 2 heterocycles. The Balaban J connectivity index is 3.10. The van der Waals surface area contributed by atoms with E-state index in [1.54, 1.807) is 0 Å². The average molecular weight is 262 g/mol. The third kappa shape index (κ3) is 1.98. The van der Waals surface area contributed by atoms with E-state index in [2.05, 4.69) is 9.97 Å². The fraction of sp³-hybridized carbons (Fsp3) is 0.462. The molecule has 19 heavy (non-hydrogen) atoms. The van der Waals surface area contributed by atoms with Gasteiger partial charge in [0.25, 0.3) is 5.56 Å². The van der Waals surface area contributed by atoms with Crippen LogP contribution in [0.5, 0.6) is 0 Å². The van der Waals surface area contributed by atoms with Gasteiger partial charge in [-0.2, -0.15) is 0 Å². The molecule has 6 nitrogen and oxygen atoms in total. The van der Waals surface area contributed by atoms with E-state index in [1.807, 2.05) is 27.7 Å². The standard InChI is InChI=1S/C13H18N4O2/c1-6(2)17-11-10(12(18)16-13(17)19)7(3)9(5-14)8(4)15-11/h6H,5,14H2,1-4H3,(H,16,18,19). The summed E-state index contributed by atoms with van der Waals surface area (Å²) in [5.74, 6) is 0. The first kappa shape index (κ1) is 13.5. The van der Waals surface area contributed by atoms with Crippen LogP contribution in [-0.2, 0) is 6.54 Å². The summed E-state index contributed by atoms with van der Waals surface area (Å²) in [6.07, 6.45) is 0. The smallest absolute Gasteiger partial charge is 0.326 e. The van der Waals surface area contributed by atoms with Crippen LogP contribution in [0.4, 0.5) is 0 Å². The molecule has 2 aromatic heterocycles. The molecule has 0 aliphatic rings. The summed E-state index contributed by atoms with van der Waals surface area (Å²) in [4.78, 5) is 30.7. The van der Waals surface area contributed by atoms with Crippen molar-refractivity contribution in [2.75, 3.05) is 0 Å². The van der Waals surface area contributed by atoms with Gasteiger partial charge >= 0.3 is 5.69 Å². The lowest BCUT2D eigenvalue weighted by atomic mass is 10.0. The van der Waals surface area contributed by atoms with Crippen molar-refractivity contribution < 1.29 is 0 Å². The fourth-order valence-corrected chi connectivity index (χ4v) is 2.41. The maximum atomic E-state index is 12.0. The third-order valence-electron chi connectivity index (χ3n) is 3.38. The van der Waals surface area contributed by atoms with E-state index in [-0.39, 0.29) is 6.04 Å². The molecule has 0 aliphatic heterocycles. The summed E-state index contributed by atoms with van der Waals surface area (Å²) in [6, 6.07) is -0.0816. The highest BCUT2D eigenvalue weighted by atomic mass is 16.2. The Morgan fingerprint density at radius 1 is 1.32 bits per heavy atom. The summed E-state index contributed by atoms with van der Waals surface area (Å²) >= 11 is 0. The Bertz CT molecular complexity index is 756. The van der Waals surface area contributed by atoms with Crippen LogP contribution in [0, 0.1) is 13.8 Å². The van der Waals surface area contributed by atoms with Crippen molar-refractivity contribution in [3.8, 4) is 0 Å². The number of fused-ring (bicyclic) bond motifs is 1. The highest BCUT2D eigenvalue weighted by Crippen LogP contribution is 2.20. The lowest BCUT2D eigenvalue weighted by molar-refractivity contribution is 0.578. The van der Waals surface area contributed by atoms with E-state index >= 15 is 0 Å². The highest BCUT2D eigenvalue weighted by molar-refractivity contribution is 5.79. The zero-order valence-electron chi connectivity index (χ0n) is 11.6. The molecule has 0 fully saturated rings. The molecule has 0 saturated carbocycles. The van der Waals surface area contributed by atoms with Crippen molar-refractivity contribution >= 4 is 11.0 Å². The van der Waals surface area contributed by atoms with Gasteiger partial charge in [0.15, 0.2) is 0 Å². The molecular weight excluding hydrogens is 244 g/mol. The van der Waals surface area contributed by atoms with Crippen LogP contribution in [-0.4, -0.2) is 14.5 Å². The number of aromatic amines is 1. The normalized spacial score (nSPS) is 11.5. The van der Waals surface area contributed by atoms with E-state index in [0.717, 1.165) is 16.8 Å². The molecule has 0 unspecified atom stereocenters. The number of pyridine rings is 1. The van der Waals surface area contributed by atoms with Gasteiger partial charge in [0.05, 0.1) is 5.39 Å². The summed E-state index contributed by atoms with van der Waals surface area (Å²) in [7, 11) is 0. The van der Waals surface area contributed by atoms with Gasteiger partial charge in [-0.3, -0.25) is 14.3 Å². The number of hydrogen-bond acceptors (Lipinski definition) is 4. The molecule has 102 valence electrons. The number of aromatic nitrogens is 3. The van der Waals surface area contributed by atoms with Gasteiger partial charge in [0, 0.05) is 18.3 Å². The number of rotatable bonds is 2. The summed E-state index contributed by atoms with van der Waals surface area (Å²) in [5.41, 5.74) is 7.69. The van der Waals surface area contributed by atoms with Crippen LogP contribution in [0.2, 0.25) is 0 Å². The Labute approximate surface area is 110 Å². The summed E-state index contributed by atoms with van der Waals surface area (Å²) in [6.45, 7) is 7.75. The third-order valence-corrected chi connectivity index (χ3v) is 3.38. The van der Waals surface area contributed by atoms with Gasteiger partial charge < -0.3 is 5.73 Å². The predicted octanol–water partition coefficient (Wildman–Crippen LogP) is 0.741. The number of H-pyrrole nitrogens is 1. The Hall–Kier alpha value is -1.95. The first-order chi connectivity index (χ1) is 8.88. The maximum Gasteiger partial charge on any atom is 0.330 e. The topological polar surface area (TPSA) is 93.8 Å². The van der Waals surface area contributed by atoms with Crippen molar-refractivity contribution in [3.63, 3.8) is 0 Å². The minimum Gasteiger partial charge on any atom is -0.326 e. The van der Waals surface area contributed by atoms with Crippen LogP contribution in [0.25, 0.3) is 11.0 Å². The van der Waals surface area contributed by atoms with Crippen molar-refractivity contribution in [1.29, 1.82) is 0 Å². The van der Waals surface area contributed by atoms with Gasteiger partial charge in [-0.15, -0.1) is 0 Å². The minimum atomic E-state index is -0.431. The van der Waals surface area contributed by atoms with Gasteiger partial charge in [-0.25, -0.2) is 9.78 Å². The first-order valence-electron chi connectivity index (χ1n) is 6.23. The molecule has 0 aromatic carbocycles. The van der Waals surface area contributed by atoms with Crippen molar-refractivity contribution in [2.24, 2.45) is 5.73 Å². The Morgan fingerprint density at radius 2 is 1.95 bits per heavy atom. The maximum absolute atomic E-state index is 12.0. The molecule has 0 saturated heterocycles. The average Bonchev–Trinajstić information content (AvgIpc) is 2.27.